The summed E-state index contributed by atoms with van der Waals surface area (Å²) in [5.41, 5.74) is 4.74. The minimum absolute atomic E-state index is 0. The van der Waals surface area contributed by atoms with Gasteiger partial charge in [0.15, 0.2) is 0 Å². The summed E-state index contributed by atoms with van der Waals surface area (Å²) in [5.74, 6) is -2.96. The van der Waals surface area contributed by atoms with E-state index in [4.69, 9.17) is 33.2 Å². The number of pyridine rings is 2. The Morgan fingerprint density at radius 3 is 1.14 bits per heavy atom. The number of methoxy groups -OCH3 is 3. The largest absolute Gasteiger partial charge is 0.508 e. The Balaban J connectivity index is 0.000000213. The van der Waals surface area contributed by atoms with E-state index >= 15 is 0 Å². The van der Waals surface area contributed by atoms with Gasteiger partial charge in [-0.1, -0.05) is 80.2 Å². The van der Waals surface area contributed by atoms with Gasteiger partial charge in [0.25, 0.3) is 0 Å². The van der Waals surface area contributed by atoms with Crippen molar-refractivity contribution in [2.75, 3.05) is 21.3 Å². The Morgan fingerprint density at radius 2 is 0.818 bits per heavy atom. The number of aliphatic carboxylic acids is 1. The number of esters is 5. The van der Waals surface area contributed by atoms with E-state index in [1.807, 2.05) is 144 Å². The highest BCUT2D eigenvalue weighted by Gasteiger charge is 2.67. The highest BCUT2D eigenvalue weighted by molar-refractivity contribution is 5.93. The van der Waals surface area contributed by atoms with Crippen LogP contribution >= 0.6 is 0 Å². The molecule has 3 aliphatic rings. The van der Waals surface area contributed by atoms with Gasteiger partial charge in [-0.15, -0.1) is 0 Å². The molecule has 2 aromatic heterocycles. The Labute approximate surface area is 517 Å². The molecule has 0 aliphatic heterocycles. The number of fused-ring (bicyclic) bond motifs is 2. The fourth-order valence-electron chi connectivity index (χ4n) is 11.2. The van der Waals surface area contributed by atoms with Crippen molar-refractivity contribution in [2.24, 2.45) is 34.0 Å². The molecular weight excluding hydrogens is 1120 g/mol. The zero-order chi connectivity index (χ0) is 62.4. The zero-order valence-electron chi connectivity index (χ0n) is 51.3. The lowest BCUT2D eigenvalue weighted by Gasteiger charge is -2.21. The highest BCUT2D eigenvalue weighted by atomic mass is 16.6. The number of hydrogen-bond donors (Lipinski definition) is 2. The van der Waals surface area contributed by atoms with Crippen LogP contribution in [0.25, 0.3) is 21.8 Å². The Hall–Kier alpha value is -8.80. The fourth-order valence-corrected chi connectivity index (χ4v) is 11.2. The number of ether oxygens (including phenoxy) is 7. The summed E-state index contributed by atoms with van der Waals surface area (Å²) in [4.78, 5) is 82.2. The maximum Gasteiger partial charge on any atom is 0.313 e. The first-order valence-corrected chi connectivity index (χ1v) is 28.6. The van der Waals surface area contributed by atoms with Gasteiger partial charge < -0.3 is 43.4 Å². The summed E-state index contributed by atoms with van der Waals surface area (Å²) in [6.07, 6.45) is 2.31. The molecular formula is C70H80BN2O15. The molecule has 463 valence electrons. The van der Waals surface area contributed by atoms with Crippen molar-refractivity contribution in [1.82, 2.24) is 9.97 Å². The van der Waals surface area contributed by atoms with Crippen LogP contribution in [0.15, 0.2) is 133 Å². The molecule has 5 aromatic carbocycles. The van der Waals surface area contributed by atoms with E-state index in [2.05, 4.69) is 9.97 Å². The third-order valence-electron chi connectivity index (χ3n) is 15.7. The number of rotatable bonds is 18. The number of para-hydroxylation sites is 2. The van der Waals surface area contributed by atoms with Crippen LogP contribution in [0, 0.1) is 47.8 Å². The second-order valence-corrected chi connectivity index (χ2v) is 24.6. The lowest BCUT2D eigenvalue weighted by Crippen LogP contribution is -2.30. The van der Waals surface area contributed by atoms with Crippen molar-refractivity contribution >= 4 is 66.0 Å². The van der Waals surface area contributed by atoms with Gasteiger partial charge in [-0.2, -0.15) is 0 Å². The minimum Gasteiger partial charge on any atom is -0.508 e. The molecule has 6 atom stereocenters. The summed E-state index contributed by atoms with van der Waals surface area (Å²) < 4.78 is 37.7. The number of phenolic OH excluding ortho intramolecular Hbond substituents is 1. The van der Waals surface area contributed by atoms with Gasteiger partial charge in [0.2, 0.25) is 0 Å². The molecule has 0 amide bonds. The molecule has 2 heterocycles. The number of aromatic hydroxyl groups is 1. The van der Waals surface area contributed by atoms with Gasteiger partial charge in [-0.05, 0) is 171 Å². The number of carbonyl (C=O) groups excluding carboxylic acids is 5. The highest BCUT2D eigenvalue weighted by Crippen LogP contribution is 2.58. The molecule has 3 radical (unpaired) electrons. The van der Waals surface area contributed by atoms with E-state index < -0.39 is 63.1 Å². The topological polar surface area (TPSA) is 233 Å². The Morgan fingerprint density at radius 1 is 0.500 bits per heavy atom. The number of aryl methyl sites for hydroxylation is 2. The fraction of sp³-hybridized carbons (Fsp3) is 0.400. The van der Waals surface area contributed by atoms with Crippen LogP contribution in [0.3, 0.4) is 0 Å². The number of carboxylic acid groups (broad SMARTS) is 1. The standard InChI is InChI=1S/C28H31NO5.C24H23NO5.C17H22O5.CH4.B/c1-18-14-20(22-8-6-7-9-24(22)29-18)17-33-21-12-10-19(11-13-21)15-28(26(31)32-5)16-23(28)25(30)34-27(2,3)4;1-15-11-17(19-5-3-4-6-21(19)25-15)14-30-18-9-7-16(8-10-18)12-24(23(28)29-2)13-20(24)22(26)27;1-16(2,3)22-14(19)13-10-17(13,15(20)21-4)9-11-5-7-12(18)8-6-11;;/h6-14,23H,15-17H2,1-5H3;3-11,20H,12-14H2,1-2H3,(H,26,27);5-8,13,18H,9-10H2,1-4H3;1H4;/t23-,28+;20-,24+;13-,17+;;/m111../s1. The van der Waals surface area contributed by atoms with Gasteiger partial charge >= 0.3 is 35.8 Å². The molecule has 0 unspecified atom stereocenters. The van der Waals surface area contributed by atoms with E-state index in [0.29, 0.717) is 57.5 Å². The van der Waals surface area contributed by atoms with Gasteiger partial charge in [0.05, 0.1) is 66.4 Å². The molecule has 7 aromatic rings. The third kappa shape index (κ3) is 16.4. The smallest absolute Gasteiger partial charge is 0.313 e. The van der Waals surface area contributed by atoms with Gasteiger partial charge in [0, 0.05) is 41.7 Å². The van der Waals surface area contributed by atoms with E-state index in [1.54, 1.807) is 45.0 Å². The van der Waals surface area contributed by atoms with E-state index in [0.717, 1.165) is 66.8 Å². The summed E-state index contributed by atoms with van der Waals surface area (Å²) >= 11 is 0. The second kappa shape index (κ2) is 27.9. The number of carboxylic acids is 1. The predicted molar refractivity (Wildman–Crippen MR) is 333 cm³/mol. The summed E-state index contributed by atoms with van der Waals surface area (Å²) in [6.45, 7) is 15.6. The van der Waals surface area contributed by atoms with Crippen molar-refractivity contribution in [1.29, 1.82) is 0 Å². The quantitative estimate of drug-likeness (QED) is 0.0462. The predicted octanol–water partition coefficient (Wildman–Crippen LogP) is 11.8. The maximum absolute atomic E-state index is 12.6. The first-order valence-electron chi connectivity index (χ1n) is 28.6. The summed E-state index contributed by atoms with van der Waals surface area (Å²) in [7, 11) is 3.98. The lowest BCUT2D eigenvalue weighted by molar-refractivity contribution is -0.161. The van der Waals surface area contributed by atoms with Crippen LogP contribution in [-0.4, -0.2) is 96.9 Å². The van der Waals surface area contributed by atoms with Gasteiger partial charge in [-0.3, -0.25) is 38.7 Å². The Kier molecular flexibility index (Phi) is 21.7. The van der Waals surface area contributed by atoms with Gasteiger partial charge in [-0.25, -0.2) is 0 Å². The van der Waals surface area contributed by atoms with Crippen LogP contribution in [0.5, 0.6) is 17.2 Å². The molecule has 0 bridgehead atoms. The maximum atomic E-state index is 12.6. The molecule has 17 nitrogen and oxygen atoms in total. The van der Waals surface area contributed by atoms with Crippen LogP contribution in [0.4, 0.5) is 0 Å². The minimum atomic E-state index is -0.962. The van der Waals surface area contributed by atoms with Crippen molar-refractivity contribution in [3.05, 3.63) is 173 Å². The molecule has 88 heavy (non-hydrogen) atoms. The molecule has 18 heteroatoms. The van der Waals surface area contributed by atoms with E-state index in [9.17, 15) is 39.0 Å². The van der Waals surface area contributed by atoms with Crippen LogP contribution < -0.4 is 9.47 Å². The number of aromatic nitrogens is 2. The average Bonchev–Trinajstić information content (AvgIpc) is 1.68. The van der Waals surface area contributed by atoms with E-state index in [-0.39, 0.29) is 39.5 Å². The Bertz CT molecular complexity index is 3630. The first-order chi connectivity index (χ1) is 40.7. The molecule has 10 rings (SSSR count). The van der Waals surface area contributed by atoms with Crippen molar-refractivity contribution in [3.63, 3.8) is 0 Å². The molecule has 0 spiro atoms. The zero-order valence-corrected chi connectivity index (χ0v) is 51.3. The molecule has 3 saturated carbocycles. The number of nitrogens with zero attached hydrogens (tertiary/aromatic N) is 2. The lowest BCUT2D eigenvalue weighted by atomic mass is 9.93. The van der Waals surface area contributed by atoms with Crippen LogP contribution in [0.2, 0.25) is 0 Å². The second-order valence-electron chi connectivity index (χ2n) is 24.6. The molecule has 2 N–H and O–H groups in total. The van der Waals surface area contributed by atoms with Crippen LogP contribution in [0.1, 0.15) is 107 Å². The SMILES string of the molecule is C.COC(=O)[C@@]1(Cc2ccc(O)cc2)C[C@@H]1C(=O)OC(C)(C)C.COC(=O)[C@@]1(Cc2ccc(OCc3cc(C)nc4ccccc34)cc2)C[C@@H]1C(=O)O.COC(=O)[C@@]1(Cc2ccc(OCc3cc(C)nc4ccccc34)cc2)C[C@@H]1C(=O)OC(C)(C)C.[B]. The van der Waals surface area contributed by atoms with Crippen molar-refractivity contribution in [3.8, 4) is 17.2 Å². The number of hydrogen-bond acceptors (Lipinski definition) is 16. The molecule has 0 saturated heterocycles. The monoisotopic (exact) mass is 1200 g/mol. The average molecular weight is 1200 g/mol. The van der Waals surface area contributed by atoms with Crippen molar-refractivity contribution in [2.45, 2.75) is 126 Å². The van der Waals surface area contributed by atoms with Gasteiger partial charge in [0.1, 0.15) is 41.7 Å². The van der Waals surface area contributed by atoms with Crippen LogP contribution in [-0.2, 0) is 84.9 Å². The molecule has 3 aliphatic carbocycles. The van der Waals surface area contributed by atoms with Crippen molar-refractivity contribution < 1.29 is 72.1 Å². The third-order valence-corrected chi connectivity index (χ3v) is 15.7. The molecule has 3 fully saturated rings. The number of benzene rings is 5. The summed E-state index contributed by atoms with van der Waals surface area (Å²) in [6, 6.07) is 41.7. The summed E-state index contributed by atoms with van der Waals surface area (Å²) in [5, 5.41) is 20.8. The normalized spacial score (nSPS) is 20.3. The number of phenols is 1. The van der Waals surface area contributed by atoms with E-state index in [1.165, 1.54) is 21.3 Å². The first kappa shape index (κ1) is 68.3. The number of carbonyl (C=O) groups is 6.